The Hall–Kier alpha value is -1.36. The van der Waals surface area contributed by atoms with E-state index in [1.165, 1.54) is 0 Å². The molecule has 0 atom stereocenters. The van der Waals surface area contributed by atoms with Crippen LogP contribution in [0.25, 0.3) is 0 Å². The third kappa shape index (κ3) is 3.06. The van der Waals surface area contributed by atoms with Gasteiger partial charge in [0.1, 0.15) is 5.69 Å². The number of hydrogen-bond donors (Lipinski definition) is 1. The Morgan fingerprint density at radius 3 is 2.65 bits per heavy atom. The summed E-state index contributed by atoms with van der Waals surface area (Å²) in [5.41, 5.74) is 1.48. The van der Waals surface area contributed by atoms with Gasteiger partial charge >= 0.3 is 0 Å². The number of aryl methyl sites for hydroxylation is 2. The Balaban J connectivity index is 2.96. The van der Waals surface area contributed by atoms with E-state index >= 15 is 0 Å². The molecule has 17 heavy (non-hydrogen) atoms. The maximum absolute atomic E-state index is 12.3. The first-order valence-electron chi connectivity index (χ1n) is 5.96. The molecule has 0 aliphatic heterocycles. The molecule has 1 aromatic rings. The molecule has 0 saturated carbocycles. The second-order valence-corrected chi connectivity index (χ2v) is 4.31. The summed E-state index contributed by atoms with van der Waals surface area (Å²) in [6.45, 7) is 6.20. The third-order valence-electron chi connectivity index (χ3n) is 2.74. The number of carbonyl (C=O) groups excluding carboxylic acids is 1. The minimum absolute atomic E-state index is 0.0254. The summed E-state index contributed by atoms with van der Waals surface area (Å²) in [4.78, 5) is 13.9. The SMILES string of the molecule is CCc1cc(C(=O)N(CCO)C(C)C)n(C)n1. The Kier molecular flexibility index (Phi) is 4.69. The van der Waals surface area contributed by atoms with Crippen molar-refractivity contribution in [2.75, 3.05) is 13.2 Å². The van der Waals surface area contributed by atoms with Crippen LogP contribution in [0.5, 0.6) is 0 Å². The number of rotatable bonds is 5. The highest BCUT2D eigenvalue weighted by molar-refractivity contribution is 5.92. The lowest BCUT2D eigenvalue weighted by molar-refractivity contribution is 0.0654. The molecule has 0 aliphatic carbocycles. The fourth-order valence-corrected chi connectivity index (χ4v) is 1.75. The fourth-order valence-electron chi connectivity index (χ4n) is 1.75. The van der Waals surface area contributed by atoms with Gasteiger partial charge in [-0.05, 0) is 26.3 Å². The van der Waals surface area contributed by atoms with Crippen molar-refractivity contribution in [3.05, 3.63) is 17.5 Å². The molecule has 1 aromatic heterocycles. The molecule has 0 unspecified atom stereocenters. The van der Waals surface area contributed by atoms with Crippen LogP contribution in [-0.2, 0) is 13.5 Å². The Bertz CT molecular complexity index is 385. The van der Waals surface area contributed by atoms with E-state index in [9.17, 15) is 4.79 Å². The highest BCUT2D eigenvalue weighted by atomic mass is 16.3. The molecule has 0 bridgehead atoms. The Morgan fingerprint density at radius 1 is 1.59 bits per heavy atom. The van der Waals surface area contributed by atoms with E-state index in [2.05, 4.69) is 5.10 Å². The second-order valence-electron chi connectivity index (χ2n) is 4.31. The molecule has 0 radical (unpaired) electrons. The lowest BCUT2D eigenvalue weighted by Crippen LogP contribution is -2.39. The average molecular weight is 239 g/mol. The molecule has 0 fully saturated rings. The number of carbonyl (C=O) groups is 1. The van der Waals surface area contributed by atoms with Gasteiger partial charge in [0.15, 0.2) is 0 Å². The predicted octanol–water partition coefficient (Wildman–Crippen LogP) is 0.825. The highest BCUT2D eigenvalue weighted by Gasteiger charge is 2.21. The van der Waals surface area contributed by atoms with Gasteiger partial charge in [0.25, 0.3) is 5.91 Å². The van der Waals surface area contributed by atoms with E-state index in [1.54, 1.807) is 16.6 Å². The van der Waals surface area contributed by atoms with Crippen LogP contribution in [-0.4, -0.2) is 44.9 Å². The van der Waals surface area contributed by atoms with Gasteiger partial charge in [0, 0.05) is 19.6 Å². The van der Waals surface area contributed by atoms with E-state index in [0.717, 1.165) is 12.1 Å². The smallest absolute Gasteiger partial charge is 0.272 e. The monoisotopic (exact) mass is 239 g/mol. The van der Waals surface area contributed by atoms with Gasteiger partial charge in [0.2, 0.25) is 0 Å². The van der Waals surface area contributed by atoms with Gasteiger partial charge in [-0.2, -0.15) is 5.10 Å². The lowest BCUT2D eigenvalue weighted by atomic mass is 10.2. The molecular weight excluding hydrogens is 218 g/mol. The summed E-state index contributed by atoms with van der Waals surface area (Å²) in [5, 5.41) is 13.2. The molecule has 96 valence electrons. The van der Waals surface area contributed by atoms with E-state index in [4.69, 9.17) is 5.11 Å². The molecule has 1 rings (SSSR count). The summed E-state index contributed by atoms with van der Waals surface area (Å²) in [5.74, 6) is -0.0799. The maximum Gasteiger partial charge on any atom is 0.272 e. The second kappa shape index (κ2) is 5.82. The van der Waals surface area contributed by atoms with Gasteiger partial charge in [-0.25, -0.2) is 0 Å². The number of amides is 1. The van der Waals surface area contributed by atoms with Crippen LogP contribution in [0.15, 0.2) is 6.07 Å². The predicted molar refractivity (Wildman–Crippen MR) is 65.8 cm³/mol. The van der Waals surface area contributed by atoms with Crippen LogP contribution in [0, 0.1) is 0 Å². The number of hydrogen-bond acceptors (Lipinski definition) is 3. The van der Waals surface area contributed by atoms with Crippen LogP contribution >= 0.6 is 0 Å². The summed E-state index contributed by atoms with van der Waals surface area (Å²) < 4.78 is 1.61. The van der Waals surface area contributed by atoms with E-state index in [1.807, 2.05) is 26.8 Å². The van der Waals surface area contributed by atoms with Crippen molar-refractivity contribution < 1.29 is 9.90 Å². The van der Waals surface area contributed by atoms with Crippen molar-refractivity contribution in [1.82, 2.24) is 14.7 Å². The normalized spacial score (nSPS) is 10.9. The van der Waals surface area contributed by atoms with E-state index in [-0.39, 0.29) is 18.6 Å². The lowest BCUT2D eigenvalue weighted by Gasteiger charge is -2.25. The van der Waals surface area contributed by atoms with E-state index < -0.39 is 0 Å². The van der Waals surface area contributed by atoms with Gasteiger partial charge in [-0.3, -0.25) is 9.48 Å². The highest BCUT2D eigenvalue weighted by Crippen LogP contribution is 2.10. The number of aliphatic hydroxyl groups excluding tert-OH is 1. The third-order valence-corrected chi connectivity index (χ3v) is 2.74. The summed E-state index contributed by atoms with van der Waals surface area (Å²) in [7, 11) is 1.77. The minimum atomic E-state index is -0.0799. The topological polar surface area (TPSA) is 58.4 Å². The first-order chi connectivity index (χ1) is 8.01. The van der Waals surface area contributed by atoms with Crippen LogP contribution < -0.4 is 0 Å². The number of aliphatic hydroxyl groups is 1. The Labute approximate surface area is 102 Å². The van der Waals surface area contributed by atoms with E-state index in [0.29, 0.717) is 12.2 Å². The van der Waals surface area contributed by atoms with Crippen LogP contribution in [0.4, 0.5) is 0 Å². The van der Waals surface area contributed by atoms with Crippen molar-refractivity contribution >= 4 is 5.91 Å². The molecule has 1 heterocycles. The molecule has 5 heteroatoms. The van der Waals surface area contributed by atoms with Crippen molar-refractivity contribution in [2.24, 2.45) is 7.05 Å². The maximum atomic E-state index is 12.3. The van der Waals surface area contributed by atoms with Crippen LogP contribution in [0.1, 0.15) is 37.0 Å². The van der Waals surface area contributed by atoms with Gasteiger partial charge in [0.05, 0.1) is 12.3 Å². The Morgan fingerprint density at radius 2 is 2.24 bits per heavy atom. The van der Waals surface area contributed by atoms with Crippen molar-refractivity contribution in [3.8, 4) is 0 Å². The zero-order chi connectivity index (χ0) is 13.0. The number of aromatic nitrogens is 2. The average Bonchev–Trinajstić information content (AvgIpc) is 2.66. The van der Waals surface area contributed by atoms with Gasteiger partial charge in [-0.15, -0.1) is 0 Å². The first-order valence-corrected chi connectivity index (χ1v) is 5.96. The molecule has 0 aromatic carbocycles. The molecule has 5 nitrogen and oxygen atoms in total. The zero-order valence-electron chi connectivity index (χ0n) is 11.0. The van der Waals surface area contributed by atoms with Crippen molar-refractivity contribution in [2.45, 2.75) is 33.2 Å². The molecule has 0 spiro atoms. The molecule has 0 saturated heterocycles. The first kappa shape index (κ1) is 13.7. The van der Waals surface area contributed by atoms with Gasteiger partial charge in [-0.1, -0.05) is 6.92 Å². The standard InChI is InChI=1S/C12H21N3O2/c1-5-10-8-11(14(4)13-10)12(17)15(6-7-16)9(2)3/h8-9,16H,5-7H2,1-4H3. The summed E-state index contributed by atoms with van der Waals surface area (Å²) in [6, 6.07) is 1.88. The minimum Gasteiger partial charge on any atom is -0.395 e. The summed E-state index contributed by atoms with van der Waals surface area (Å²) in [6.07, 6.45) is 0.808. The quantitative estimate of drug-likeness (QED) is 0.827. The zero-order valence-corrected chi connectivity index (χ0v) is 11.0. The molecular formula is C12H21N3O2. The molecule has 0 aliphatic rings. The van der Waals surface area contributed by atoms with Crippen molar-refractivity contribution in [1.29, 1.82) is 0 Å². The number of nitrogens with zero attached hydrogens (tertiary/aromatic N) is 3. The largest absolute Gasteiger partial charge is 0.395 e. The molecule has 1 N–H and O–H groups in total. The summed E-state index contributed by atoms with van der Waals surface area (Å²) >= 11 is 0. The fraction of sp³-hybridized carbons (Fsp3) is 0.667. The van der Waals surface area contributed by atoms with Crippen molar-refractivity contribution in [3.63, 3.8) is 0 Å². The van der Waals surface area contributed by atoms with Gasteiger partial charge < -0.3 is 10.0 Å². The van der Waals surface area contributed by atoms with Crippen LogP contribution in [0.2, 0.25) is 0 Å². The van der Waals surface area contributed by atoms with Crippen LogP contribution in [0.3, 0.4) is 0 Å². The molecule has 1 amide bonds.